The highest BCUT2D eigenvalue weighted by Crippen LogP contribution is 2.47. The average Bonchev–Trinajstić information content (AvgIpc) is 3.39. The molecule has 4 atom stereocenters. The zero-order valence-electron chi connectivity index (χ0n) is 22.4. The van der Waals surface area contributed by atoms with E-state index < -0.39 is 53.7 Å². The maximum Gasteiger partial charge on any atom is 0.324 e. The Kier molecular flexibility index (Phi) is 8.44. The minimum atomic E-state index is -3.61. The third kappa shape index (κ3) is 5.35. The van der Waals surface area contributed by atoms with Crippen LogP contribution in [0.15, 0.2) is 24.3 Å². The van der Waals surface area contributed by atoms with Crippen LogP contribution in [0.25, 0.3) is 4.85 Å². The fourth-order valence-electron chi connectivity index (χ4n) is 5.27. The van der Waals surface area contributed by atoms with Gasteiger partial charge in [0.25, 0.3) is 11.8 Å². The maximum absolute atomic E-state index is 14.0. The van der Waals surface area contributed by atoms with E-state index in [2.05, 4.69) is 15.5 Å². The molecule has 1 saturated heterocycles. The molecule has 2 aliphatic rings. The number of para-hydroxylation sites is 1. The minimum absolute atomic E-state index is 0.0200. The summed E-state index contributed by atoms with van der Waals surface area (Å²) in [7, 11) is 1.39. The monoisotopic (exact) mass is 531 g/mol. The number of benzene rings is 1. The van der Waals surface area contributed by atoms with E-state index in [0.29, 0.717) is 5.69 Å². The van der Waals surface area contributed by atoms with Gasteiger partial charge in [-0.15, -0.1) is 0 Å². The molecule has 1 aromatic carbocycles. The van der Waals surface area contributed by atoms with Crippen molar-refractivity contribution in [3.8, 4) is 0 Å². The molecule has 2 N–H and O–H groups in total. The predicted octanol–water partition coefficient (Wildman–Crippen LogP) is 3.17. The fourth-order valence-corrected chi connectivity index (χ4v) is 5.27. The summed E-state index contributed by atoms with van der Waals surface area (Å²) >= 11 is 0. The molecule has 1 aromatic rings. The molecule has 1 spiro atoms. The first-order valence-electron chi connectivity index (χ1n) is 12.8. The van der Waals surface area contributed by atoms with E-state index >= 15 is 0 Å². The lowest BCUT2D eigenvalue weighted by atomic mass is 9.80. The zero-order valence-corrected chi connectivity index (χ0v) is 22.4. The number of carbonyl (C=O) groups excluding carboxylic acids is 4. The van der Waals surface area contributed by atoms with Crippen LogP contribution in [0.4, 0.5) is 14.5 Å². The van der Waals surface area contributed by atoms with Gasteiger partial charge in [0, 0.05) is 25.7 Å². The van der Waals surface area contributed by atoms with Crippen molar-refractivity contribution in [2.24, 2.45) is 5.92 Å². The summed E-state index contributed by atoms with van der Waals surface area (Å²) in [4.78, 5) is 58.4. The molecule has 0 unspecified atom stereocenters. The summed E-state index contributed by atoms with van der Waals surface area (Å²) < 4.78 is 28.0. The number of nitrogens with one attached hydrogen (secondary N) is 2. The molecule has 206 valence electrons. The highest BCUT2D eigenvalue weighted by molar-refractivity contribution is 6.07. The number of amides is 4. The quantitative estimate of drug-likeness (QED) is 0.478. The van der Waals surface area contributed by atoms with Gasteiger partial charge in [-0.25, -0.2) is 6.57 Å². The van der Waals surface area contributed by atoms with Crippen molar-refractivity contribution in [1.82, 2.24) is 15.1 Å². The second kappa shape index (κ2) is 11.1. The Morgan fingerprint density at radius 1 is 1.29 bits per heavy atom. The van der Waals surface area contributed by atoms with Gasteiger partial charge in [0.05, 0.1) is 6.42 Å². The molecule has 9 nitrogen and oxygen atoms in total. The highest BCUT2D eigenvalue weighted by Gasteiger charge is 2.59. The third-order valence-electron chi connectivity index (χ3n) is 7.30. The molecule has 3 rings (SSSR count). The van der Waals surface area contributed by atoms with Gasteiger partial charge < -0.3 is 15.5 Å². The van der Waals surface area contributed by atoms with Crippen LogP contribution in [0.5, 0.6) is 0 Å². The number of halogens is 2. The third-order valence-corrected chi connectivity index (χ3v) is 7.30. The lowest BCUT2D eigenvalue weighted by molar-refractivity contribution is -0.151. The number of hydrogen-bond acceptors (Lipinski definition) is 4. The van der Waals surface area contributed by atoms with E-state index in [4.69, 9.17) is 6.57 Å². The van der Waals surface area contributed by atoms with Crippen LogP contribution < -0.4 is 10.6 Å². The molecule has 4 amide bonds. The van der Waals surface area contributed by atoms with E-state index in [1.54, 1.807) is 18.2 Å². The van der Waals surface area contributed by atoms with Gasteiger partial charge in [0.1, 0.15) is 17.5 Å². The number of alkyl halides is 2. The van der Waals surface area contributed by atoms with Crippen LogP contribution in [0, 0.1) is 12.5 Å². The topological polar surface area (TPSA) is 103 Å². The molecule has 0 aliphatic carbocycles. The molecular formula is C27H35F2N5O4. The molecule has 0 saturated carbocycles. The Morgan fingerprint density at radius 2 is 1.95 bits per heavy atom. The van der Waals surface area contributed by atoms with Crippen molar-refractivity contribution in [3.05, 3.63) is 41.2 Å². The summed E-state index contributed by atoms with van der Waals surface area (Å²) in [5.41, 5.74) is 0.299. The van der Waals surface area contributed by atoms with Crippen molar-refractivity contribution < 1.29 is 28.0 Å². The summed E-state index contributed by atoms with van der Waals surface area (Å²) in [6, 6.07) is 4.85. The Bertz CT molecular complexity index is 1150. The second-order valence-corrected chi connectivity index (χ2v) is 10.6. The van der Waals surface area contributed by atoms with E-state index in [1.165, 1.54) is 25.8 Å². The maximum atomic E-state index is 14.0. The van der Waals surface area contributed by atoms with Crippen LogP contribution in [0.2, 0.25) is 0 Å². The Balaban J connectivity index is 1.85. The molecule has 38 heavy (non-hydrogen) atoms. The fraction of sp³-hybridized carbons (Fsp3) is 0.593. The van der Waals surface area contributed by atoms with Crippen LogP contribution in [-0.2, 0) is 24.6 Å². The highest BCUT2D eigenvalue weighted by atomic mass is 19.3. The van der Waals surface area contributed by atoms with Crippen molar-refractivity contribution in [2.45, 2.75) is 83.0 Å². The number of hydrogen-bond donors (Lipinski definition) is 2. The summed E-state index contributed by atoms with van der Waals surface area (Å²) in [6.07, 6.45) is -1.10. The van der Waals surface area contributed by atoms with Crippen LogP contribution in [0.1, 0.15) is 58.9 Å². The molecule has 0 radical (unpaired) electrons. The van der Waals surface area contributed by atoms with Gasteiger partial charge in [-0.3, -0.25) is 28.9 Å². The lowest BCUT2D eigenvalue weighted by Gasteiger charge is -2.33. The number of nitrogens with zero attached hydrogens (tertiary/aromatic N) is 3. The van der Waals surface area contributed by atoms with E-state index in [-0.39, 0.29) is 37.6 Å². The zero-order chi connectivity index (χ0) is 28.4. The predicted molar refractivity (Wildman–Crippen MR) is 137 cm³/mol. The second-order valence-electron chi connectivity index (χ2n) is 10.6. The number of fused-ring (bicyclic) bond motifs is 2. The lowest BCUT2D eigenvalue weighted by Crippen LogP contribution is -2.56. The van der Waals surface area contributed by atoms with Gasteiger partial charge in [-0.1, -0.05) is 39.0 Å². The minimum Gasteiger partial charge on any atom is -0.339 e. The standard InChI is InChI=1S/C27H35F2N5O4/c1-7-12-27(28,29)25(38)31-17(4)22(35)33(6)20(13-16(2)3)23(36)34-15-26(14-21(34)30-5)18-10-8-9-11-19(18)32-24(26)37/h8-11,16-17,20-21H,7,12-15H2,1-4,6H3,(H,31,38)(H,32,37)/t17-,20-,21-,26-/m0/s1. The average molecular weight is 532 g/mol. The van der Waals surface area contributed by atoms with E-state index in [1.807, 2.05) is 19.9 Å². The van der Waals surface area contributed by atoms with Crippen LogP contribution in [0.3, 0.4) is 0 Å². The Hall–Kier alpha value is -3.55. The summed E-state index contributed by atoms with van der Waals surface area (Å²) in [5, 5.41) is 4.92. The molecule has 0 bridgehead atoms. The van der Waals surface area contributed by atoms with Crippen molar-refractivity contribution in [1.29, 1.82) is 0 Å². The normalized spacial score (nSPS) is 22.0. The SMILES string of the molecule is [C-]#[N+][C@@H]1C[C@@]2(CN1C(=O)[C@H](CC(C)C)N(C)C(=O)[C@H](C)NC(=O)C(F)(F)CCC)C(=O)Nc1ccccc12. The molecule has 2 heterocycles. The Morgan fingerprint density at radius 3 is 2.55 bits per heavy atom. The molecule has 1 fully saturated rings. The van der Waals surface area contributed by atoms with Gasteiger partial charge >= 0.3 is 12.1 Å². The summed E-state index contributed by atoms with van der Waals surface area (Å²) in [6.45, 7) is 14.3. The van der Waals surface area contributed by atoms with Crippen LogP contribution >= 0.6 is 0 Å². The van der Waals surface area contributed by atoms with Crippen molar-refractivity contribution >= 4 is 29.3 Å². The first-order chi connectivity index (χ1) is 17.8. The molecular weight excluding hydrogens is 496 g/mol. The Labute approximate surface area is 221 Å². The first kappa shape index (κ1) is 29.0. The van der Waals surface area contributed by atoms with E-state index in [9.17, 15) is 28.0 Å². The molecule has 11 heteroatoms. The number of likely N-dealkylation sites (N-methyl/N-ethyl adjacent to an activating group) is 1. The molecule has 2 aliphatic heterocycles. The van der Waals surface area contributed by atoms with Gasteiger partial charge in [-0.05, 0) is 37.3 Å². The van der Waals surface area contributed by atoms with E-state index in [0.717, 1.165) is 10.5 Å². The van der Waals surface area contributed by atoms with Gasteiger partial charge in [0.15, 0.2) is 0 Å². The van der Waals surface area contributed by atoms with Crippen LogP contribution in [-0.4, -0.2) is 71.2 Å². The number of anilines is 1. The number of carbonyl (C=O) groups is 4. The van der Waals surface area contributed by atoms with Crippen molar-refractivity contribution in [2.75, 3.05) is 18.9 Å². The smallest absolute Gasteiger partial charge is 0.324 e. The van der Waals surface area contributed by atoms with Gasteiger partial charge in [0.2, 0.25) is 11.8 Å². The number of likely N-dealkylation sites (tertiary alicyclic amines) is 1. The molecule has 0 aromatic heterocycles. The van der Waals surface area contributed by atoms with Crippen molar-refractivity contribution in [3.63, 3.8) is 0 Å². The summed E-state index contributed by atoms with van der Waals surface area (Å²) in [5.74, 6) is -6.67. The number of rotatable bonds is 9. The van der Waals surface area contributed by atoms with Gasteiger partial charge in [-0.2, -0.15) is 8.78 Å². The largest absolute Gasteiger partial charge is 0.339 e. The first-order valence-corrected chi connectivity index (χ1v) is 12.8.